The van der Waals surface area contributed by atoms with E-state index < -0.39 is 10.0 Å². The lowest BCUT2D eigenvalue weighted by molar-refractivity contribution is -0.122. The zero-order valence-electron chi connectivity index (χ0n) is 14.4. The second kappa shape index (κ2) is 8.60. The van der Waals surface area contributed by atoms with E-state index in [0.717, 1.165) is 32.4 Å². The number of piperidine rings is 1. The molecule has 2 rings (SSSR count). The molecule has 6 nitrogen and oxygen atoms in total. The number of amides is 1. The Kier molecular flexibility index (Phi) is 6.77. The lowest BCUT2D eigenvalue weighted by Crippen LogP contribution is -2.47. The summed E-state index contributed by atoms with van der Waals surface area (Å²) in [5, 5.41) is 2.95. The minimum absolute atomic E-state index is 0.0286. The average molecular weight is 353 g/mol. The van der Waals surface area contributed by atoms with Gasteiger partial charge in [-0.3, -0.25) is 9.69 Å². The third-order valence-corrected chi connectivity index (χ3v) is 5.88. The van der Waals surface area contributed by atoms with Crippen LogP contribution in [0.1, 0.15) is 18.4 Å². The van der Waals surface area contributed by atoms with Crippen LogP contribution in [0.5, 0.6) is 0 Å². The first-order valence-corrected chi connectivity index (χ1v) is 10.2. The molecule has 1 amide bonds. The number of likely N-dealkylation sites (tertiary alicyclic amines) is 1. The van der Waals surface area contributed by atoms with E-state index in [1.165, 1.54) is 16.1 Å². The molecular formula is C17H27N3O3S. The maximum absolute atomic E-state index is 12.0. The Morgan fingerprint density at radius 1 is 1.25 bits per heavy atom. The van der Waals surface area contributed by atoms with Crippen LogP contribution in [-0.2, 0) is 21.2 Å². The zero-order chi connectivity index (χ0) is 17.6. The van der Waals surface area contributed by atoms with Crippen molar-refractivity contribution in [1.29, 1.82) is 0 Å². The van der Waals surface area contributed by atoms with E-state index in [2.05, 4.69) is 22.3 Å². The molecule has 0 saturated carbocycles. The van der Waals surface area contributed by atoms with Crippen LogP contribution < -0.4 is 5.32 Å². The predicted octanol–water partition coefficient (Wildman–Crippen LogP) is 0.701. The molecule has 1 aliphatic heterocycles. The van der Waals surface area contributed by atoms with Crippen molar-refractivity contribution in [2.75, 3.05) is 39.5 Å². The van der Waals surface area contributed by atoms with Gasteiger partial charge >= 0.3 is 0 Å². The SMILES string of the molecule is CN(C1CCN(CC(=O)NCCc2ccccc2)CC1)S(C)(=O)=O. The third-order valence-electron chi connectivity index (χ3n) is 4.54. The molecule has 1 aromatic rings. The monoisotopic (exact) mass is 353 g/mol. The molecule has 0 spiro atoms. The van der Waals surface area contributed by atoms with Crippen molar-refractivity contribution in [3.05, 3.63) is 35.9 Å². The van der Waals surface area contributed by atoms with Crippen molar-refractivity contribution in [3.63, 3.8) is 0 Å². The summed E-state index contributed by atoms with van der Waals surface area (Å²) in [4.78, 5) is 14.1. The molecular weight excluding hydrogens is 326 g/mol. The first kappa shape index (κ1) is 18.9. The van der Waals surface area contributed by atoms with E-state index in [4.69, 9.17) is 0 Å². The van der Waals surface area contributed by atoms with Crippen molar-refractivity contribution >= 4 is 15.9 Å². The number of rotatable bonds is 7. The first-order chi connectivity index (χ1) is 11.4. The first-order valence-electron chi connectivity index (χ1n) is 8.32. The van der Waals surface area contributed by atoms with Gasteiger partial charge in [0.15, 0.2) is 0 Å². The van der Waals surface area contributed by atoms with Gasteiger partial charge in [-0.1, -0.05) is 30.3 Å². The minimum atomic E-state index is -3.15. The molecule has 0 bridgehead atoms. The van der Waals surface area contributed by atoms with Gasteiger partial charge in [0, 0.05) is 32.7 Å². The van der Waals surface area contributed by atoms with E-state index >= 15 is 0 Å². The molecule has 1 heterocycles. The Morgan fingerprint density at radius 2 is 1.88 bits per heavy atom. The fourth-order valence-corrected chi connectivity index (χ4v) is 3.71. The van der Waals surface area contributed by atoms with Gasteiger partial charge in [-0.2, -0.15) is 0 Å². The number of carbonyl (C=O) groups excluding carboxylic acids is 1. The van der Waals surface area contributed by atoms with Gasteiger partial charge in [0.25, 0.3) is 0 Å². The van der Waals surface area contributed by atoms with Crippen LogP contribution in [-0.4, -0.2) is 69.1 Å². The van der Waals surface area contributed by atoms with Crippen LogP contribution in [0.4, 0.5) is 0 Å². The molecule has 1 N–H and O–H groups in total. The smallest absolute Gasteiger partial charge is 0.234 e. The van der Waals surface area contributed by atoms with Crippen molar-refractivity contribution < 1.29 is 13.2 Å². The summed E-state index contributed by atoms with van der Waals surface area (Å²) in [6, 6.07) is 10.1. The quantitative estimate of drug-likeness (QED) is 0.783. The largest absolute Gasteiger partial charge is 0.355 e. The van der Waals surface area contributed by atoms with Gasteiger partial charge in [0.2, 0.25) is 15.9 Å². The zero-order valence-corrected chi connectivity index (χ0v) is 15.3. The average Bonchev–Trinajstić information content (AvgIpc) is 2.55. The highest BCUT2D eigenvalue weighted by Gasteiger charge is 2.27. The molecule has 0 aromatic heterocycles. The lowest BCUT2D eigenvalue weighted by Gasteiger charge is -2.35. The van der Waals surface area contributed by atoms with E-state index in [-0.39, 0.29) is 11.9 Å². The number of hydrogen-bond acceptors (Lipinski definition) is 4. The van der Waals surface area contributed by atoms with Gasteiger partial charge in [0.1, 0.15) is 0 Å². The summed E-state index contributed by atoms with van der Waals surface area (Å²) >= 11 is 0. The number of nitrogens with one attached hydrogen (secondary N) is 1. The molecule has 1 aromatic carbocycles. The van der Waals surface area contributed by atoms with Crippen LogP contribution in [0.25, 0.3) is 0 Å². The lowest BCUT2D eigenvalue weighted by atomic mass is 10.1. The van der Waals surface area contributed by atoms with E-state index in [1.807, 2.05) is 18.2 Å². The number of benzene rings is 1. The number of nitrogens with zero attached hydrogens (tertiary/aromatic N) is 2. The van der Waals surface area contributed by atoms with E-state index in [9.17, 15) is 13.2 Å². The Balaban J connectivity index is 1.67. The molecule has 0 atom stereocenters. The van der Waals surface area contributed by atoms with Crippen LogP contribution in [0.2, 0.25) is 0 Å². The summed E-state index contributed by atoms with van der Waals surface area (Å²) in [5.41, 5.74) is 1.21. The summed E-state index contributed by atoms with van der Waals surface area (Å²) < 4.78 is 24.6. The maximum Gasteiger partial charge on any atom is 0.234 e. The van der Waals surface area contributed by atoms with Gasteiger partial charge in [0.05, 0.1) is 12.8 Å². The molecule has 1 saturated heterocycles. The summed E-state index contributed by atoms with van der Waals surface area (Å²) in [7, 11) is -1.51. The second-order valence-corrected chi connectivity index (χ2v) is 8.41. The summed E-state index contributed by atoms with van der Waals surface area (Å²) in [6.45, 7) is 2.51. The predicted molar refractivity (Wildman–Crippen MR) is 95.2 cm³/mol. The van der Waals surface area contributed by atoms with Crippen LogP contribution >= 0.6 is 0 Å². The second-order valence-electron chi connectivity index (χ2n) is 6.37. The normalized spacial score (nSPS) is 17.1. The maximum atomic E-state index is 12.0. The van der Waals surface area contributed by atoms with Crippen molar-refractivity contribution in [3.8, 4) is 0 Å². The highest BCUT2D eigenvalue weighted by molar-refractivity contribution is 7.88. The Morgan fingerprint density at radius 3 is 2.46 bits per heavy atom. The third kappa shape index (κ3) is 5.89. The van der Waals surface area contributed by atoms with Crippen LogP contribution in [0, 0.1) is 0 Å². The molecule has 0 unspecified atom stereocenters. The topological polar surface area (TPSA) is 69.7 Å². The standard InChI is InChI=1S/C17H27N3O3S/c1-19(24(2,22)23)16-9-12-20(13-10-16)14-17(21)18-11-8-15-6-4-3-5-7-15/h3-7,16H,8-14H2,1-2H3,(H,18,21). The van der Waals surface area contributed by atoms with E-state index in [0.29, 0.717) is 13.1 Å². The van der Waals surface area contributed by atoms with Crippen molar-refractivity contribution in [2.24, 2.45) is 0 Å². The summed E-state index contributed by atoms with van der Waals surface area (Å²) in [6.07, 6.45) is 3.59. The number of hydrogen-bond donors (Lipinski definition) is 1. The number of carbonyl (C=O) groups is 1. The molecule has 0 aliphatic carbocycles. The molecule has 1 fully saturated rings. The highest BCUT2D eigenvalue weighted by Crippen LogP contribution is 2.17. The summed E-state index contributed by atoms with van der Waals surface area (Å²) in [5.74, 6) is 0.0286. The van der Waals surface area contributed by atoms with Gasteiger partial charge < -0.3 is 5.32 Å². The van der Waals surface area contributed by atoms with Gasteiger partial charge in [-0.25, -0.2) is 12.7 Å². The fourth-order valence-electron chi connectivity index (χ4n) is 2.96. The van der Waals surface area contributed by atoms with Gasteiger partial charge in [-0.05, 0) is 24.8 Å². The molecule has 1 aliphatic rings. The van der Waals surface area contributed by atoms with Crippen molar-refractivity contribution in [1.82, 2.24) is 14.5 Å². The molecule has 7 heteroatoms. The molecule has 134 valence electrons. The Bertz CT molecular complexity index is 626. The minimum Gasteiger partial charge on any atom is -0.355 e. The molecule has 24 heavy (non-hydrogen) atoms. The fraction of sp³-hybridized carbons (Fsp3) is 0.588. The molecule has 0 radical (unpaired) electrons. The van der Waals surface area contributed by atoms with Crippen molar-refractivity contribution in [2.45, 2.75) is 25.3 Å². The van der Waals surface area contributed by atoms with Crippen LogP contribution in [0.3, 0.4) is 0 Å². The van der Waals surface area contributed by atoms with Crippen LogP contribution in [0.15, 0.2) is 30.3 Å². The Hall–Kier alpha value is -1.44. The number of sulfonamides is 1. The van der Waals surface area contributed by atoms with Gasteiger partial charge in [-0.15, -0.1) is 0 Å². The Labute approximate surface area is 144 Å². The highest BCUT2D eigenvalue weighted by atomic mass is 32.2. The van der Waals surface area contributed by atoms with E-state index in [1.54, 1.807) is 7.05 Å².